The van der Waals surface area contributed by atoms with Gasteiger partial charge in [-0.1, -0.05) is 6.92 Å². The van der Waals surface area contributed by atoms with E-state index in [0.717, 1.165) is 32.0 Å². The van der Waals surface area contributed by atoms with Crippen LogP contribution in [0.2, 0.25) is 0 Å². The molecule has 1 N–H and O–H groups in total. The number of aliphatic imine (C=N–C) groups is 1. The van der Waals surface area contributed by atoms with Crippen LogP contribution in [0.3, 0.4) is 0 Å². The van der Waals surface area contributed by atoms with Crippen LogP contribution in [-0.2, 0) is 4.74 Å². The summed E-state index contributed by atoms with van der Waals surface area (Å²) in [7, 11) is 3.58. The van der Waals surface area contributed by atoms with E-state index in [9.17, 15) is 0 Å². The molecule has 6 heteroatoms. The number of aromatic nitrogens is 2. The molecule has 1 aromatic rings. The summed E-state index contributed by atoms with van der Waals surface area (Å²) >= 11 is 0. The Morgan fingerprint density at radius 3 is 2.86 bits per heavy atom. The summed E-state index contributed by atoms with van der Waals surface area (Å²) < 4.78 is 7.68. The molecule has 0 radical (unpaired) electrons. The largest absolute Gasteiger partial charge is 0.377 e. The average molecular weight is 307 g/mol. The molecule has 1 aliphatic heterocycles. The zero-order valence-corrected chi connectivity index (χ0v) is 14.4. The molecule has 2 unspecified atom stereocenters. The zero-order chi connectivity index (χ0) is 16.2. The van der Waals surface area contributed by atoms with Gasteiger partial charge in [-0.2, -0.15) is 0 Å². The quantitative estimate of drug-likeness (QED) is 0.680. The van der Waals surface area contributed by atoms with Gasteiger partial charge in [-0.25, -0.2) is 4.98 Å². The highest BCUT2D eigenvalue weighted by molar-refractivity contribution is 5.80. The van der Waals surface area contributed by atoms with Gasteiger partial charge in [0.25, 0.3) is 0 Å². The number of rotatable bonds is 4. The van der Waals surface area contributed by atoms with Crippen molar-refractivity contribution in [2.24, 2.45) is 10.9 Å². The lowest BCUT2D eigenvalue weighted by Gasteiger charge is -2.39. The lowest BCUT2D eigenvalue weighted by molar-refractivity contribution is 0.0260. The fourth-order valence-electron chi connectivity index (χ4n) is 2.79. The molecule has 0 spiro atoms. The molecular formula is C16H29N5O. The maximum absolute atomic E-state index is 5.47. The number of guanidine groups is 1. The molecule has 0 bridgehead atoms. The Balaban J connectivity index is 2.01. The van der Waals surface area contributed by atoms with E-state index in [1.807, 2.05) is 19.6 Å². The minimum absolute atomic E-state index is 0.206. The molecule has 2 atom stereocenters. The number of hydrogen-bond donors (Lipinski definition) is 1. The van der Waals surface area contributed by atoms with Crippen molar-refractivity contribution in [2.45, 2.75) is 38.8 Å². The molecule has 22 heavy (non-hydrogen) atoms. The van der Waals surface area contributed by atoms with Crippen molar-refractivity contribution in [1.29, 1.82) is 0 Å². The fourth-order valence-corrected chi connectivity index (χ4v) is 2.79. The van der Waals surface area contributed by atoms with Crippen molar-refractivity contribution in [3.8, 4) is 0 Å². The third kappa shape index (κ3) is 4.00. The van der Waals surface area contributed by atoms with Gasteiger partial charge >= 0.3 is 0 Å². The number of ether oxygens (including phenoxy) is 1. The first-order valence-corrected chi connectivity index (χ1v) is 7.95. The summed E-state index contributed by atoms with van der Waals surface area (Å²) in [6.45, 7) is 9.16. The normalized spacial score (nSPS) is 23.7. The molecule has 0 aromatic carbocycles. The van der Waals surface area contributed by atoms with Gasteiger partial charge < -0.3 is 19.5 Å². The predicted octanol–water partition coefficient (Wildman–Crippen LogP) is 1.77. The van der Waals surface area contributed by atoms with Crippen LogP contribution in [-0.4, -0.2) is 59.8 Å². The average Bonchev–Trinajstić information content (AvgIpc) is 3.03. The zero-order valence-electron chi connectivity index (χ0n) is 14.4. The van der Waals surface area contributed by atoms with Crippen LogP contribution >= 0.6 is 0 Å². The van der Waals surface area contributed by atoms with Gasteiger partial charge in [0.05, 0.1) is 18.0 Å². The molecule has 6 nitrogen and oxygen atoms in total. The monoisotopic (exact) mass is 307 g/mol. The molecule has 2 rings (SSSR count). The maximum atomic E-state index is 5.47. The summed E-state index contributed by atoms with van der Waals surface area (Å²) in [5.74, 6) is 1.58. The topological polar surface area (TPSA) is 54.7 Å². The number of methoxy groups -OCH3 is 1. The molecule has 0 amide bonds. The standard InChI is InChI=1S/C16H29N5O/c1-13-6-8-20(10-14(13)21-9-7-18-12-21)15(17-4)19-11-16(2,3)22-5/h7,9,12-14H,6,8,10-11H2,1-5H3,(H,17,19). The lowest BCUT2D eigenvalue weighted by atomic mass is 9.93. The van der Waals surface area contributed by atoms with Crippen molar-refractivity contribution in [3.63, 3.8) is 0 Å². The van der Waals surface area contributed by atoms with Gasteiger partial charge in [0.2, 0.25) is 0 Å². The molecule has 0 aliphatic carbocycles. The minimum Gasteiger partial charge on any atom is -0.377 e. The molecule has 1 aliphatic rings. The molecule has 2 heterocycles. The van der Waals surface area contributed by atoms with Crippen LogP contribution in [0.25, 0.3) is 0 Å². The summed E-state index contributed by atoms with van der Waals surface area (Å²) in [4.78, 5) is 11.0. The highest BCUT2D eigenvalue weighted by atomic mass is 16.5. The van der Waals surface area contributed by atoms with Crippen molar-refractivity contribution in [1.82, 2.24) is 19.8 Å². The van der Waals surface area contributed by atoms with Crippen LogP contribution in [0, 0.1) is 5.92 Å². The number of nitrogens with zero attached hydrogens (tertiary/aromatic N) is 4. The van der Waals surface area contributed by atoms with Crippen LogP contribution in [0.15, 0.2) is 23.7 Å². The van der Waals surface area contributed by atoms with Crippen molar-refractivity contribution >= 4 is 5.96 Å². The highest BCUT2D eigenvalue weighted by Gasteiger charge is 2.29. The van der Waals surface area contributed by atoms with Crippen molar-refractivity contribution < 1.29 is 4.74 Å². The first-order chi connectivity index (χ1) is 10.5. The number of nitrogens with one attached hydrogen (secondary N) is 1. The number of likely N-dealkylation sites (tertiary alicyclic amines) is 1. The Kier molecular flexibility index (Phi) is 5.45. The van der Waals surface area contributed by atoms with E-state index in [2.05, 4.69) is 51.7 Å². The van der Waals surface area contributed by atoms with Crippen LogP contribution in [0.5, 0.6) is 0 Å². The number of hydrogen-bond acceptors (Lipinski definition) is 3. The molecule has 1 saturated heterocycles. The van der Waals surface area contributed by atoms with Gasteiger partial charge in [-0.05, 0) is 26.2 Å². The second-order valence-corrected chi connectivity index (χ2v) is 6.65. The Morgan fingerprint density at radius 1 is 1.50 bits per heavy atom. The van der Waals surface area contributed by atoms with Crippen LogP contribution in [0.1, 0.15) is 33.2 Å². The number of imidazole rings is 1. The van der Waals surface area contributed by atoms with E-state index >= 15 is 0 Å². The van der Waals surface area contributed by atoms with Gasteiger partial charge in [0, 0.05) is 46.2 Å². The van der Waals surface area contributed by atoms with Crippen LogP contribution < -0.4 is 5.32 Å². The smallest absolute Gasteiger partial charge is 0.193 e. The van der Waals surface area contributed by atoms with Gasteiger partial charge in [-0.3, -0.25) is 4.99 Å². The van der Waals surface area contributed by atoms with Gasteiger partial charge in [0.1, 0.15) is 0 Å². The number of piperidine rings is 1. The van der Waals surface area contributed by atoms with E-state index in [-0.39, 0.29) is 5.60 Å². The van der Waals surface area contributed by atoms with Crippen molar-refractivity contribution in [2.75, 3.05) is 33.8 Å². The van der Waals surface area contributed by atoms with E-state index < -0.39 is 0 Å². The van der Waals surface area contributed by atoms with E-state index in [1.54, 1.807) is 7.11 Å². The lowest BCUT2D eigenvalue weighted by Crippen LogP contribution is -2.51. The first-order valence-electron chi connectivity index (χ1n) is 7.95. The second kappa shape index (κ2) is 7.13. The molecule has 124 valence electrons. The summed E-state index contributed by atoms with van der Waals surface area (Å²) in [6.07, 6.45) is 6.96. The molecule has 1 fully saturated rings. The maximum Gasteiger partial charge on any atom is 0.193 e. The Morgan fingerprint density at radius 2 is 2.27 bits per heavy atom. The molecular weight excluding hydrogens is 278 g/mol. The van der Waals surface area contributed by atoms with E-state index in [0.29, 0.717) is 12.0 Å². The van der Waals surface area contributed by atoms with E-state index in [4.69, 9.17) is 4.74 Å². The Labute approximate surface area is 133 Å². The SMILES string of the molecule is CN=C(NCC(C)(C)OC)N1CCC(C)C(n2ccnc2)C1. The summed E-state index contributed by atoms with van der Waals surface area (Å²) in [6, 6.07) is 0.435. The highest BCUT2D eigenvalue weighted by Crippen LogP contribution is 2.27. The van der Waals surface area contributed by atoms with E-state index in [1.165, 1.54) is 0 Å². The summed E-state index contributed by atoms with van der Waals surface area (Å²) in [5.41, 5.74) is -0.206. The third-order valence-electron chi connectivity index (χ3n) is 4.56. The third-order valence-corrected chi connectivity index (χ3v) is 4.56. The molecule has 1 aromatic heterocycles. The Hall–Kier alpha value is -1.56. The summed E-state index contributed by atoms with van der Waals surface area (Å²) in [5, 5.41) is 3.44. The van der Waals surface area contributed by atoms with Crippen molar-refractivity contribution in [3.05, 3.63) is 18.7 Å². The molecule has 0 saturated carbocycles. The van der Waals surface area contributed by atoms with Gasteiger partial charge in [0.15, 0.2) is 5.96 Å². The second-order valence-electron chi connectivity index (χ2n) is 6.65. The minimum atomic E-state index is -0.206. The van der Waals surface area contributed by atoms with Crippen LogP contribution in [0.4, 0.5) is 0 Å². The predicted molar refractivity (Wildman–Crippen MR) is 89.1 cm³/mol. The first kappa shape index (κ1) is 16.8. The van der Waals surface area contributed by atoms with Gasteiger partial charge in [-0.15, -0.1) is 0 Å². The Bertz CT molecular complexity index is 483. The fraction of sp³-hybridized carbons (Fsp3) is 0.750.